The number of hydrogen-bond donors (Lipinski definition) is 1. The van der Waals surface area contributed by atoms with Crippen molar-refractivity contribution in [3.05, 3.63) is 0 Å². The van der Waals surface area contributed by atoms with E-state index in [0.29, 0.717) is 5.41 Å². The summed E-state index contributed by atoms with van der Waals surface area (Å²) in [6, 6.07) is 0.734. The lowest BCUT2D eigenvalue weighted by atomic mass is 9.69. The van der Waals surface area contributed by atoms with Gasteiger partial charge in [0.25, 0.3) is 0 Å². The largest absolute Gasteiger partial charge is 0.300 e. The van der Waals surface area contributed by atoms with Crippen molar-refractivity contribution < 1.29 is 0 Å². The van der Waals surface area contributed by atoms with Gasteiger partial charge in [-0.3, -0.25) is 0 Å². The first kappa shape index (κ1) is 12.4. The Kier molecular flexibility index (Phi) is 4.78. The molecule has 0 amide bonds. The average molecular weight is 215 g/mol. The average Bonchev–Trinajstić information content (AvgIpc) is 2.16. The molecule has 2 heteroatoms. The van der Waals surface area contributed by atoms with E-state index in [1.165, 1.54) is 38.8 Å². The van der Waals surface area contributed by atoms with Crippen molar-refractivity contribution in [1.29, 1.82) is 0 Å². The van der Waals surface area contributed by atoms with Crippen molar-refractivity contribution in [2.75, 3.05) is 18.8 Å². The monoisotopic (exact) mass is 215 g/mol. The molecule has 0 radical (unpaired) electrons. The maximum Gasteiger partial charge on any atom is 0.00644 e. The van der Waals surface area contributed by atoms with E-state index < -0.39 is 0 Å². The second-order valence-corrected chi connectivity index (χ2v) is 5.15. The zero-order valence-electron chi connectivity index (χ0n) is 9.92. The van der Waals surface area contributed by atoms with Crippen LogP contribution in [0.5, 0.6) is 0 Å². The molecule has 0 aromatic carbocycles. The molecule has 0 heterocycles. The van der Waals surface area contributed by atoms with Gasteiger partial charge in [0.2, 0.25) is 0 Å². The molecule has 0 bridgehead atoms. The van der Waals surface area contributed by atoms with Gasteiger partial charge in [-0.25, -0.2) is 0 Å². The highest BCUT2D eigenvalue weighted by atomic mass is 32.1. The Morgan fingerprint density at radius 3 is 2.29 bits per heavy atom. The Morgan fingerprint density at radius 2 is 2.00 bits per heavy atom. The number of nitrogens with zero attached hydrogens (tertiary/aromatic N) is 1. The number of thiol groups is 1. The van der Waals surface area contributed by atoms with Crippen LogP contribution in [0.15, 0.2) is 0 Å². The highest BCUT2D eigenvalue weighted by Crippen LogP contribution is 2.42. The fourth-order valence-corrected chi connectivity index (χ4v) is 2.73. The maximum atomic E-state index is 4.52. The molecule has 1 aliphatic rings. The maximum absolute atomic E-state index is 4.52. The van der Waals surface area contributed by atoms with E-state index in [4.69, 9.17) is 0 Å². The molecule has 0 aromatic rings. The van der Waals surface area contributed by atoms with Crippen molar-refractivity contribution >= 4 is 12.6 Å². The van der Waals surface area contributed by atoms with Crippen molar-refractivity contribution in [3.8, 4) is 0 Å². The summed E-state index contributed by atoms with van der Waals surface area (Å²) in [7, 11) is 0. The summed E-state index contributed by atoms with van der Waals surface area (Å²) in [5.41, 5.74) is 0.558. The smallest absolute Gasteiger partial charge is 0.00644 e. The van der Waals surface area contributed by atoms with Crippen LogP contribution in [-0.4, -0.2) is 29.8 Å². The molecule has 84 valence electrons. The van der Waals surface area contributed by atoms with Crippen LogP contribution in [0.3, 0.4) is 0 Å². The topological polar surface area (TPSA) is 3.24 Å². The minimum atomic E-state index is 0.558. The van der Waals surface area contributed by atoms with Gasteiger partial charge in [0.05, 0.1) is 0 Å². The first-order valence-electron chi connectivity index (χ1n) is 6.02. The van der Waals surface area contributed by atoms with Crippen LogP contribution in [0.4, 0.5) is 0 Å². The van der Waals surface area contributed by atoms with Crippen LogP contribution in [0.25, 0.3) is 0 Å². The van der Waals surface area contributed by atoms with Crippen molar-refractivity contribution in [2.24, 2.45) is 5.41 Å². The van der Waals surface area contributed by atoms with E-state index in [2.05, 4.69) is 38.3 Å². The minimum Gasteiger partial charge on any atom is -0.300 e. The van der Waals surface area contributed by atoms with E-state index in [9.17, 15) is 0 Å². The highest BCUT2D eigenvalue weighted by Gasteiger charge is 2.37. The van der Waals surface area contributed by atoms with Crippen LogP contribution >= 0.6 is 12.6 Å². The van der Waals surface area contributed by atoms with Gasteiger partial charge in [0, 0.05) is 12.6 Å². The lowest BCUT2D eigenvalue weighted by Gasteiger charge is -2.45. The predicted octanol–water partition coefficient (Wildman–Crippen LogP) is 3.21. The SMILES string of the molecule is CCC(C)N(CC)CC1(CS)CCC1. The molecule has 1 fully saturated rings. The standard InChI is InChI=1S/C12H25NS/c1-4-11(3)13(5-2)9-12(10-14)7-6-8-12/h11,14H,4-10H2,1-3H3. The zero-order valence-corrected chi connectivity index (χ0v) is 10.8. The lowest BCUT2D eigenvalue weighted by Crippen LogP contribution is -2.46. The van der Waals surface area contributed by atoms with Crippen molar-refractivity contribution in [3.63, 3.8) is 0 Å². The Balaban J connectivity index is 2.46. The number of rotatable bonds is 6. The molecule has 0 saturated heterocycles. The molecule has 1 nitrogen and oxygen atoms in total. The van der Waals surface area contributed by atoms with Crippen LogP contribution in [-0.2, 0) is 0 Å². The molecule has 1 saturated carbocycles. The van der Waals surface area contributed by atoms with E-state index in [1.54, 1.807) is 0 Å². The summed E-state index contributed by atoms with van der Waals surface area (Å²) >= 11 is 4.52. The Hall–Kier alpha value is 0.310. The molecular formula is C12H25NS. The van der Waals surface area contributed by atoms with E-state index in [-0.39, 0.29) is 0 Å². The molecule has 0 N–H and O–H groups in total. The third-order valence-electron chi connectivity index (χ3n) is 3.91. The van der Waals surface area contributed by atoms with E-state index in [0.717, 1.165) is 11.8 Å². The Morgan fingerprint density at radius 1 is 1.36 bits per heavy atom. The summed E-state index contributed by atoms with van der Waals surface area (Å²) < 4.78 is 0. The summed E-state index contributed by atoms with van der Waals surface area (Å²) in [5, 5.41) is 0. The van der Waals surface area contributed by atoms with Gasteiger partial charge in [0.1, 0.15) is 0 Å². The molecule has 1 unspecified atom stereocenters. The van der Waals surface area contributed by atoms with Crippen LogP contribution in [0.2, 0.25) is 0 Å². The third-order valence-corrected chi connectivity index (χ3v) is 4.58. The fourth-order valence-electron chi connectivity index (χ4n) is 2.31. The Bertz CT molecular complexity index is 160. The van der Waals surface area contributed by atoms with Crippen LogP contribution < -0.4 is 0 Å². The predicted molar refractivity (Wildman–Crippen MR) is 67.1 cm³/mol. The fraction of sp³-hybridized carbons (Fsp3) is 1.00. The zero-order chi connectivity index (χ0) is 10.6. The van der Waals surface area contributed by atoms with E-state index in [1.807, 2.05) is 0 Å². The van der Waals surface area contributed by atoms with Gasteiger partial charge in [-0.2, -0.15) is 12.6 Å². The molecule has 0 spiro atoms. The molecule has 1 aliphatic carbocycles. The van der Waals surface area contributed by atoms with Crippen LogP contribution in [0.1, 0.15) is 46.5 Å². The minimum absolute atomic E-state index is 0.558. The summed E-state index contributed by atoms with van der Waals surface area (Å²) in [6.45, 7) is 9.35. The van der Waals surface area contributed by atoms with Crippen molar-refractivity contribution in [2.45, 2.75) is 52.5 Å². The second-order valence-electron chi connectivity index (χ2n) is 4.83. The molecule has 0 aliphatic heterocycles. The summed E-state index contributed by atoms with van der Waals surface area (Å²) in [4.78, 5) is 2.62. The summed E-state index contributed by atoms with van der Waals surface area (Å²) in [5.74, 6) is 1.07. The third kappa shape index (κ3) is 2.66. The molecule has 1 atom stereocenters. The molecular weight excluding hydrogens is 190 g/mol. The van der Waals surface area contributed by atoms with E-state index >= 15 is 0 Å². The second kappa shape index (κ2) is 5.41. The Labute approximate surface area is 94.7 Å². The first-order chi connectivity index (χ1) is 6.67. The van der Waals surface area contributed by atoms with Gasteiger partial charge in [-0.15, -0.1) is 0 Å². The van der Waals surface area contributed by atoms with Crippen molar-refractivity contribution in [1.82, 2.24) is 4.90 Å². The quantitative estimate of drug-likeness (QED) is 0.666. The molecule has 0 aromatic heterocycles. The van der Waals surface area contributed by atoms with Gasteiger partial charge >= 0.3 is 0 Å². The molecule has 14 heavy (non-hydrogen) atoms. The normalized spacial score (nSPS) is 22.1. The van der Waals surface area contributed by atoms with Gasteiger partial charge in [-0.1, -0.05) is 20.3 Å². The first-order valence-corrected chi connectivity index (χ1v) is 6.65. The summed E-state index contributed by atoms with van der Waals surface area (Å²) in [6.07, 6.45) is 5.46. The van der Waals surface area contributed by atoms with Crippen LogP contribution in [0, 0.1) is 5.41 Å². The van der Waals surface area contributed by atoms with Gasteiger partial charge in [-0.05, 0) is 43.9 Å². The number of hydrogen-bond acceptors (Lipinski definition) is 2. The van der Waals surface area contributed by atoms with Gasteiger partial charge < -0.3 is 4.90 Å². The highest BCUT2D eigenvalue weighted by molar-refractivity contribution is 7.80. The van der Waals surface area contributed by atoms with Gasteiger partial charge in [0.15, 0.2) is 0 Å². The molecule has 1 rings (SSSR count). The lowest BCUT2D eigenvalue weighted by molar-refractivity contribution is 0.0707.